The monoisotopic (exact) mass is 347 g/mol. The van der Waals surface area contributed by atoms with Gasteiger partial charge in [-0.25, -0.2) is 8.42 Å². The zero-order valence-corrected chi connectivity index (χ0v) is 10.9. The second kappa shape index (κ2) is 4.48. The number of halogens is 5. The van der Waals surface area contributed by atoms with Crippen molar-refractivity contribution < 1.29 is 21.6 Å². The van der Waals surface area contributed by atoms with Gasteiger partial charge < -0.3 is 0 Å². The van der Waals surface area contributed by atoms with E-state index in [1.807, 2.05) is 0 Å². The van der Waals surface area contributed by atoms with E-state index in [2.05, 4.69) is 15.9 Å². The van der Waals surface area contributed by atoms with Gasteiger partial charge in [-0.2, -0.15) is 18.4 Å². The fourth-order valence-electron chi connectivity index (χ4n) is 1.14. The average Bonchev–Trinajstić information content (AvgIpc) is 2.13. The first-order valence-corrected chi connectivity index (χ1v) is 6.93. The number of rotatable bonds is 1. The number of hydrogen-bond acceptors (Lipinski definition) is 3. The van der Waals surface area contributed by atoms with Crippen molar-refractivity contribution in [3.05, 3.63) is 27.7 Å². The molecule has 1 aromatic rings. The Kier molecular flexibility index (Phi) is 3.76. The normalized spacial score (nSPS) is 12.2. The first-order chi connectivity index (χ1) is 7.59. The highest BCUT2D eigenvalue weighted by atomic mass is 79.9. The van der Waals surface area contributed by atoms with Crippen LogP contribution in [0.4, 0.5) is 13.2 Å². The van der Waals surface area contributed by atoms with Crippen molar-refractivity contribution in [2.24, 2.45) is 0 Å². The zero-order chi connectivity index (χ0) is 13.4. The highest BCUT2D eigenvalue weighted by Gasteiger charge is 2.39. The molecule has 0 aliphatic rings. The van der Waals surface area contributed by atoms with E-state index >= 15 is 0 Å². The molecule has 0 amide bonds. The van der Waals surface area contributed by atoms with Crippen LogP contribution in [-0.4, -0.2) is 8.42 Å². The summed E-state index contributed by atoms with van der Waals surface area (Å²) >= 11 is 2.79. The van der Waals surface area contributed by atoms with Crippen LogP contribution in [0.1, 0.15) is 11.1 Å². The topological polar surface area (TPSA) is 57.9 Å². The van der Waals surface area contributed by atoms with Gasteiger partial charge in [0.05, 0.1) is 11.1 Å². The summed E-state index contributed by atoms with van der Waals surface area (Å²) in [6.07, 6.45) is -4.91. The molecule has 0 fully saturated rings. The number of nitrogens with zero attached hydrogens (tertiary/aromatic N) is 1. The van der Waals surface area contributed by atoms with Gasteiger partial charge in [0.25, 0.3) is 9.05 Å². The van der Waals surface area contributed by atoms with Crippen LogP contribution in [0.25, 0.3) is 0 Å². The van der Waals surface area contributed by atoms with E-state index in [4.69, 9.17) is 15.9 Å². The average molecular weight is 349 g/mol. The molecule has 0 aliphatic carbocycles. The van der Waals surface area contributed by atoms with Crippen LogP contribution in [0.5, 0.6) is 0 Å². The van der Waals surface area contributed by atoms with Gasteiger partial charge in [0.2, 0.25) is 0 Å². The third-order valence-corrected chi connectivity index (χ3v) is 3.80. The lowest BCUT2D eigenvalue weighted by Gasteiger charge is -2.12. The Morgan fingerprint density at radius 2 is 1.88 bits per heavy atom. The van der Waals surface area contributed by atoms with Crippen molar-refractivity contribution in [1.82, 2.24) is 0 Å². The molecule has 0 saturated heterocycles. The summed E-state index contributed by atoms with van der Waals surface area (Å²) in [4.78, 5) is -1.23. The Labute approximate surface area is 107 Å². The lowest BCUT2D eigenvalue weighted by molar-refractivity contribution is -0.139. The molecule has 0 saturated carbocycles. The molecule has 1 aromatic carbocycles. The van der Waals surface area contributed by atoms with Crippen LogP contribution in [0.3, 0.4) is 0 Å². The van der Waals surface area contributed by atoms with Crippen molar-refractivity contribution in [2.75, 3.05) is 0 Å². The van der Waals surface area contributed by atoms with Gasteiger partial charge in [0.15, 0.2) is 0 Å². The largest absolute Gasteiger partial charge is 0.417 e. The van der Waals surface area contributed by atoms with Gasteiger partial charge >= 0.3 is 6.18 Å². The SMILES string of the molecule is N#Cc1c(Br)ccc(C(F)(F)F)c1S(=O)(=O)Cl. The maximum Gasteiger partial charge on any atom is 0.417 e. The molecule has 0 aliphatic heterocycles. The van der Waals surface area contributed by atoms with Crippen LogP contribution >= 0.6 is 26.6 Å². The van der Waals surface area contributed by atoms with Crippen LogP contribution in [-0.2, 0) is 15.2 Å². The molecule has 0 aromatic heterocycles. The van der Waals surface area contributed by atoms with Crippen LogP contribution in [0.2, 0.25) is 0 Å². The van der Waals surface area contributed by atoms with E-state index in [1.54, 1.807) is 0 Å². The van der Waals surface area contributed by atoms with Crippen molar-refractivity contribution in [3.8, 4) is 6.07 Å². The first-order valence-electron chi connectivity index (χ1n) is 3.83. The second-order valence-electron chi connectivity index (χ2n) is 2.85. The highest BCUT2D eigenvalue weighted by molar-refractivity contribution is 9.10. The molecule has 9 heteroatoms. The lowest BCUT2D eigenvalue weighted by Crippen LogP contribution is -2.12. The molecule has 92 valence electrons. The molecular formula is C8H2BrClF3NO2S. The Morgan fingerprint density at radius 3 is 2.24 bits per heavy atom. The molecule has 0 unspecified atom stereocenters. The standard InChI is InChI=1S/C8H2BrClF3NO2S/c9-6-2-1-5(8(11,12)13)7(4(6)3-14)17(10,15)16/h1-2H. The molecule has 0 heterocycles. The van der Waals surface area contributed by atoms with E-state index in [1.165, 1.54) is 6.07 Å². The second-order valence-corrected chi connectivity index (χ2v) is 6.20. The summed E-state index contributed by atoms with van der Waals surface area (Å²) in [5.41, 5.74) is -2.14. The maximum atomic E-state index is 12.6. The third kappa shape index (κ3) is 2.91. The molecule has 0 bridgehead atoms. The third-order valence-electron chi connectivity index (χ3n) is 1.77. The fraction of sp³-hybridized carbons (Fsp3) is 0.125. The predicted molar refractivity (Wildman–Crippen MR) is 56.9 cm³/mol. The number of benzene rings is 1. The first kappa shape index (κ1) is 14.3. The summed E-state index contributed by atoms with van der Waals surface area (Å²) in [5.74, 6) is 0. The maximum absolute atomic E-state index is 12.6. The highest BCUT2D eigenvalue weighted by Crippen LogP contribution is 2.39. The number of hydrogen-bond donors (Lipinski definition) is 0. The summed E-state index contributed by atoms with van der Waals surface area (Å²) in [6.45, 7) is 0. The van der Waals surface area contributed by atoms with E-state index in [9.17, 15) is 21.6 Å². The molecule has 0 N–H and O–H groups in total. The van der Waals surface area contributed by atoms with Gasteiger partial charge in [0, 0.05) is 15.2 Å². The van der Waals surface area contributed by atoms with Crippen molar-refractivity contribution in [3.63, 3.8) is 0 Å². The molecule has 0 spiro atoms. The van der Waals surface area contributed by atoms with Crippen molar-refractivity contribution in [1.29, 1.82) is 5.26 Å². The van der Waals surface area contributed by atoms with E-state index in [0.29, 0.717) is 6.07 Å². The quantitative estimate of drug-likeness (QED) is 0.732. The minimum absolute atomic E-state index is 0.0766. The molecule has 3 nitrogen and oxygen atoms in total. The summed E-state index contributed by atoms with van der Waals surface area (Å²) < 4.78 is 59.9. The molecular weight excluding hydrogens is 347 g/mol. The van der Waals surface area contributed by atoms with Crippen LogP contribution < -0.4 is 0 Å². The molecule has 0 atom stereocenters. The fourth-order valence-corrected chi connectivity index (χ4v) is 3.02. The van der Waals surface area contributed by atoms with E-state index in [0.717, 1.165) is 6.07 Å². The van der Waals surface area contributed by atoms with Crippen LogP contribution in [0.15, 0.2) is 21.5 Å². The Balaban J connectivity index is 3.85. The van der Waals surface area contributed by atoms with Gasteiger partial charge in [-0.15, -0.1) is 0 Å². The minimum atomic E-state index is -4.91. The van der Waals surface area contributed by atoms with E-state index in [-0.39, 0.29) is 4.47 Å². The van der Waals surface area contributed by atoms with Gasteiger partial charge in [-0.1, -0.05) is 0 Å². The summed E-state index contributed by atoms with van der Waals surface area (Å²) in [5, 5.41) is 8.68. The Morgan fingerprint density at radius 1 is 1.35 bits per heavy atom. The van der Waals surface area contributed by atoms with Crippen LogP contribution in [0, 0.1) is 11.3 Å². The van der Waals surface area contributed by atoms with Gasteiger partial charge in [0.1, 0.15) is 11.0 Å². The molecule has 1 rings (SSSR count). The predicted octanol–water partition coefficient (Wildman–Crippen LogP) is 3.27. The summed E-state index contributed by atoms with van der Waals surface area (Å²) in [6, 6.07) is 2.85. The number of alkyl halides is 3. The van der Waals surface area contributed by atoms with Gasteiger partial charge in [-0.05, 0) is 28.1 Å². The molecule has 17 heavy (non-hydrogen) atoms. The van der Waals surface area contributed by atoms with Crippen molar-refractivity contribution in [2.45, 2.75) is 11.1 Å². The summed E-state index contributed by atoms with van der Waals surface area (Å²) in [7, 11) is 0.244. The smallest absolute Gasteiger partial charge is 0.207 e. The number of nitriles is 1. The molecule has 0 radical (unpaired) electrons. The zero-order valence-electron chi connectivity index (χ0n) is 7.72. The minimum Gasteiger partial charge on any atom is -0.207 e. The van der Waals surface area contributed by atoms with Gasteiger partial charge in [-0.3, -0.25) is 0 Å². The Hall–Kier alpha value is -0.780. The van der Waals surface area contributed by atoms with Crippen molar-refractivity contribution >= 4 is 35.7 Å². The lowest BCUT2D eigenvalue weighted by atomic mass is 10.1. The Bertz CT molecular complexity index is 606. The van der Waals surface area contributed by atoms with E-state index < -0.39 is 31.2 Å².